The molecule has 1 N–H and O–H groups in total. The van der Waals surface area contributed by atoms with Crippen LogP contribution in [0.25, 0.3) is 0 Å². The van der Waals surface area contributed by atoms with Crippen molar-refractivity contribution in [3.8, 4) is 11.5 Å². The average Bonchev–Trinajstić information content (AvgIpc) is 3.71. The normalized spacial score (nSPS) is 20.2. The van der Waals surface area contributed by atoms with E-state index in [1.807, 2.05) is 53.2 Å². The predicted octanol–water partition coefficient (Wildman–Crippen LogP) is 5.31. The SMILES string of the molecule is COc1ccc(NC(=O)CN2CCN(c3ccc(OC[C@@H]4CO[C@@](Cn5ccnc5)(c5ccc(Cl)cc5Cl)O4)cc3)CC2)cc1. The fourth-order valence-corrected chi connectivity index (χ4v) is 6.11. The Labute approximate surface area is 272 Å². The summed E-state index contributed by atoms with van der Waals surface area (Å²) in [7, 11) is 1.62. The Balaban J connectivity index is 0.985. The molecule has 0 spiro atoms. The number of aromatic nitrogens is 2. The van der Waals surface area contributed by atoms with Gasteiger partial charge in [0.1, 0.15) is 24.2 Å². The largest absolute Gasteiger partial charge is 0.497 e. The van der Waals surface area contributed by atoms with E-state index in [2.05, 4.69) is 32.2 Å². The van der Waals surface area contributed by atoms with Crippen molar-refractivity contribution in [3.63, 3.8) is 0 Å². The van der Waals surface area contributed by atoms with Gasteiger partial charge in [-0.2, -0.15) is 0 Å². The van der Waals surface area contributed by atoms with Gasteiger partial charge in [-0.25, -0.2) is 4.98 Å². The quantitative estimate of drug-likeness (QED) is 0.234. The van der Waals surface area contributed by atoms with E-state index in [9.17, 15) is 4.79 Å². The molecule has 0 bridgehead atoms. The van der Waals surface area contributed by atoms with Crippen molar-refractivity contribution in [2.75, 3.05) is 63.3 Å². The summed E-state index contributed by atoms with van der Waals surface area (Å²) in [5.41, 5.74) is 2.57. The molecular weight excluding hydrogens is 617 g/mol. The molecule has 45 heavy (non-hydrogen) atoms. The van der Waals surface area contributed by atoms with Crippen LogP contribution in [0.15, 0.2) is 85.5 Å². The van der Waals surface area contributed by atoms with Crippen molar-refractivity contribution in [2.24, 2.45) is 0 Å². The number of amides is 1. The van der Waals surface area contributed by atoms with E-state index in [0.29, 0.717) is 41.9 Å². The second-order valence-corrected chi connectivity index (χ2v) is 11.9. The lowest BCUT2D eigenvalue weighted by Gasteiger charge is -2.35. The lowest BCUT2D eigenvalue weighted by Crippen LogP contribution is -2.48. The third-order valence-corrected chi connectivity index (χ3v) is 8.45. The Hall–Kier alpha value is -3.80. The first kappa shape index (κ1) is 31.2. The maximum atomic E-state index is 12.5. The number of anilines is 2. The number of halogens is 2. The highest BCUT2D eigenvalue weighted by molar-refractivity contribution is 6.35. The van der Waals surface area contributed by atoms with Gasteiger partial charge in [0.05, 0.1) is 38.2 Å². The molecule has 2 atom stereocenters. The summed E-state index contributed by atoms with van der Waals surface area (Å²) in [6.45, 7) is 4.64. The fourth-order valence-electron chi connectivity index (χ4n) is 5.56. The highest BCUT2D eigenvalue weighted by atomic mass is 35.5. The summed E-state index contributed by atoms with van der Waals surface area (Å²) in [5, 5.41) is 3.96. The molecule has 4 aromatic rings. The number of imidazole rings is 1. The van der Waals surface area contributed by atoms with Crippen molar-refractivity contribution < 1.29 is 23.7 Å². The topological polar surface area (TPSA) is 90.3 Å². The van der Waals surface area contributed by atoms with E-state index >= 15 is 0 Å². The third-order valence-electron chi connectivity index (χ3n) is 7.90. The summed E-state index contributed by atoms with van der Waals surface area (Å²) >= 11 is 12.7. The second-order valence-electron chi connectivity index (χ2n) is 11.0. The zero-order valence-corrected chi connectivity index (χ0v) is 26.4. The van der Waals surface area contributed by atoms with Crippen LogP contribution in [-0.2, 0) is 26.6 Å². The highest BCUT2D eigenvalue weighted by Crippen LogP contribution is 2.40. The number of ether oxygens (including phenoxy) is 4. The lowest BCUT2D eigenvalue weighted by molar-refractivity contribution is -0.189. The van der Waals surface area contributed by atoms with E-state index in [0.717, 1.165) is 49.1 Å². The molecule has 1 amide bonds. The highest BCUT2D eigenvalue weighted by Gasteiger charge is 2.45. The van der Waals surface area contributed by atoms with Crippen LogP contribution in [0, 0.1) is 0 Å². The predicted molar refractivity (Wildman–Crippen MR) is 173 cm³/mol. The number of rotatable bonds is 11. The van der Waals surface area contributed by atoms with E-state index in [1.165, 1.54) is 0 Å². The molecule has 3 heterocycles. The number of benzene rings is 3. The molecule has 10 nitrogen and oxygen atoms in total. The summed E-state index contributed by atoms with van der Waals surface area (Å²) in [4.78, 5) is 21.2. The van der Waals surface area contributed by atoms with Crippen LogP contribution in [0.2, 0.25) is 10.0 Å². The number of methoxy groups -OCH3 is 1. The van der Waals surface area contributed by atoms with Gasteiger partial charge in [-0.15, -0.1) is 0 Å². The first-order chi connectivity index (χ1) is 21.9. The zero-order valence-electron chi connectivity index (χ0n) is 24.9. The van der Waals surface area contributed by atoms with Crippen LogP contribution in [0.1, 0.15) is 5.56 Å². The zero-order chi connectivity index (χ0) is 31.2. The smallest absolute Gasteiger partial charge is 0.238 e. The van der Waals surface area contributed by atoms with Gasteiger partial charge >= 0.3 is 0 Å². The van der Waals surface area contributed by atoms with Crippen molar-refractivity contribution >= 4 is 40.5 Å². The fraction of sp³-hybridized carbons (Fsp3) is 0.333. The number of nitrogens with one attached hydrogen (secondary N) is 1. The Morgan fingerprint density at radius 2 is 1.78 bits per heavy atom. The number of piperazine rings is 1. The van der Waals surface area contributed by atoms with E-state index in [-0.39, 0.29) is 12.0 Å². The van der Waals surface area contributed by atoms with E-state index in [1.54, 1.807) is 31.8 Å². The summed E-state index contributed by atoms with van der Waals surface area (Å²) in [6, 6.07) is 20.7. The monoisotopic (exact) mass is 651 g/mol. The molecule has 2 aliphatic rings. The minimum atomic E-state index is -1.10. The Morgan fingerprint density at radius 1 is 1.02 bits per heavy atom. The maximum Gasteiger partial charge on any atom is 0.238 e. The molecule has 0 saturated carbocycles. The molecule has 3 aromatic carbocycles. The standard InChI is InChI=1S/C33H35Cl2N5O5/c1-42-27-7-3-25(4-8-27)37-32(41)19-38-14-16-40(17-15-38)26-5-9-28(10-6-26)43-20-29-21-44-33(45-29,22-39-13-12-36-23-39)30-11-2-24(34)18-31(30)35/h2-13,18,23,29H,14-17,19-22H2,1H3,(H,37,41)/t29-,33-/m1/s1. The van der Waals surface area contributed by atoms with Gasteiger partial charge < -0.3 is 33.7 Å². The summed E-state index contributed by atoms with van der Waals surface area (Å²) in [5.74, 6) is 0.374. The van der Waals surface area contributed by atoms with Crippen molar-refractivity contribution in [3.05, 3.63) is 101 Å². The Kier molecular flexibility index (Phi) is 9.77. The minimum Gasteiger partial charge on any atom is -0.497 e. The van der Waals surface area contributed by atoms with Crippen LogP contribution < -0.4 is 19.7 Å². The first-order valence-electron chi connectivity index (χ1n) is 14.8. The van der Waals surface area contributed by atoms with Gasteiger partial charge in [0, 0.05) is 60.5 Å². The molecule has 0 radical (unpaired) electrons. The van der Waals surface area contributed by atoms with Crippen LogP contribution in [0.4, 0.5) is 11.4 Å². The molecular formula is C33H35Cl2N5O5. The summed E-state index contributed by atoms with van der Waals surface area (Å²) in [6.07, 6.45) is 4.96. The van der Waals surface area contributed by atoms with Crippen LogP contribution in [0.3, 0.4) is 0 Å². The van der Waals surface area contributed by atoms with Crippen LogP contribution >= 0.6 is 23.2 Å². The maximum absolute atomic E-state index is 12.5. The number of carbonyl (C=O) groups excluding carboxylic acids is 1. The van der Waals surface area contributed by atoms with Crippen molar-refractivity contribution in [1.82, 2.24) is 14.5 Å². The summed E-state index contributed by atoms with van der Waals surface area (Å²) < 4.78 is 25.9. The lowest BCUT2D eigenvalue weighted by atomic mass is 10.1. The number of hydrogen-bond acceptors (Lipinski definition) is 8. The van der Waals surface area contributed by atoms with Gasteiger partial charge in [0.2, 0.25) is 11.7 Å². The molecule has 6 rings (SSSR count). The third kappa shape index (κ3) is 7.71. The number of hydrogen-bond donors (Lipinski definition) is 1. The first-order valence-corrected chi connectivity index (χ1v) is 15.5. The molecule has 236 valence electrons. The van der Waals surface area contributed by atoms with Crippen LogP contribution in [-0.4, -0.2) is 79.5 Å². The van der Waals surface area contributed by atoms with Gasteiger partial charge in [-0.05, 0) is 60.7 Å². The minimum absolute atomic E-state index is 0.0259. The van der Waals surface area contributed by atoms with Gasteiger partial charge in [0.25, 0.3) is 0 Å². The van der Waals surface area contributed by atoms with Gasteiger partial charge in [-0.1, -0.05) is 29.3 Å². The molecule has 2 saturated heterocycles. The Morgan fingerprint density at radius 3 is 2.47 bits per heavy atom. The van der Waals surface area contributed by atoms with Crippen LogP contribution in [0.5, 0.6) is 11.5 Å². The molecule has 2 aliphatic heterocycles. The number of nitrogens with zero attached hydrogens (tertiary/aromatic N) is 4. The van der Waals surface area contributed by atoms with Crippen molar-refractivity contribution in [1.29, 1.82) is 0 Å². The average molecular weight is 653 g/mol. The number of carbonyl (C=O) groups is 1. The van der Waals surface area contributed by atoms with Gasteiger partial charge in [-0.3, -0.25) is 9.69 Å². The van der Waals surface area contributed by atoms with E-state index < -0.39 is 5.79 Å². The van der Waals surface area contributed by atoms with Crippen molar-refractivity contribution in [2.45, 2.75) is 18.4 Å². The molecule has 0 aliphatic carbocycles. The molecule has 0 unspecified atom stereocenters. The van der Waals surface area contributed by atoms with E-state index in [4.69, 9.17) is 42.1 Å². The second kappa shape index (κ2) is 14.1. The van der Waals surface area contributed by atoms with Gasteiger partial charge in [0.15, 0.2) is 0 Å². The molecule has 12 heteroatoms. The molecule has 1 aromatic heterocycles. The Bertz CT molecular complexity index is 1560. The molecule has 2 fully saturated rings.